The van der Waals surface area contributed by atoms with Gasteiger partial charge >= 0.3 is 5.97 Å². The fourth-order valence-electron chi connectivity index (χ4n) is 2.54. The van der Waals surface area contributed by atoms with Crippen LogP contribution in [-0.4, -0.2) is 27.2 Å². The van der Waals surface area contributed by atoms with Gasteiger partial charge in [0.1, 0.15) is 0 Å². The third-order valence-corrected chi connectivity index (χ3v) is 5.52. The zero-order valence-electron chi connectivity index (χ0n) is 14.2. The van der Waals surface area contributed by atoms with Crippen molar-refractivity contribution in [3.8, 4) is 0 Å². The normalized spacial score (nSPS) is 11.4. The average molecular weight is 340 g/mol. The van der Waals surface area contributed by atoms with E-state index in [1.807, 2.05) is 0 Å². The summed E-state index contributed by atoms with van der Waals surface area (Å²) < 4.78 is 29.2. The van der Waals surface area contributed by atoms with Gasteiger partial charge in [0.15, 0.2) is 9.84 Å². The molecule has 130 valence electrons. The maximum absolute atomic E-state index is 12.2. The highest BCUT2D eigenvalue weighted by Crippen LogP contribution is 2.16. The molecule has 0 heterocycles. The van der Waals surface area contributed by atoms with Crippen molar-refractivity contribution in [2.75, 3.05) is 12.9 Å². The largest absolute Gasteiger partial charge is 0.465 e. The molecule has 1 aromatic rings. The molecular formula is C18H28O4S. The van der Waals surface area contributed by atoms with E-state index >= 15 is 0 Å². The Bertz CT molecular complexity index is 578. The molecule has 0 unspecified atom stereocenters. The Balaban J connectivity index is 2.48. The molecule has 0 N–H and O–H groups in total. The van der Waals surface area contributed by atoms with Gasteiger partial charge in [-0.05, 0) is 18.1 Å². The number of sulfone groups is 1. The van der Waals surface area contributed by atoms with Gasteiger partial charge in [0.2, 0.25) is 0 Å². The molecular weight excluding hydrogens is 312 g/mol. The summed E-state index contributed by atoms with van der Waals surface area (Å²) in [5.74, 6) is -0.420. The van der Waals surface area contributed by atoms with Gasteiger partial charge in [-0.25, -0.2) is 13.2 Å². The highest BCUT2D eigenvalue weighted by Gasteiger charge is 2.17. The van der Waals surface area contributed by atoms with Gasteiger partial charge in [-0.2, -0.15) is 0 Å². The summed E-state index contributed by atoms with van der Waals surface area (Å²) in [6.07, 6.45) is 7.61. The molecule has 0 aliphatic carbocycles. The number of carbonyl (C=O) groups is 1. The second-order valence-electron chi connectivity index (χ2n) is 5.86. The Labute approximate surface area is 140 Å². The number of methoxy groups -OCH3 is 1. The van der Waals surface area contributed by atoms with Crippen molar-refractivity contribution in [3.05, 3.63) is 35.4 Å². The molecule has 0 aliphatic rings. The third kappa shape index (κ3) is 7.64. The Morgan fingerprint density at radius 3 is 2.26 bits per heavy atom. The lowest BCUT2D eigenvalue weighted by Gasteiger charge is -2.09. The molecule has 0 bridgehead atoms. The molecule has 0 radical (unpaired) electrons. The Morgan fingerprint density at radius 1 is 1.00 bits per heavy atom. The number of rotatable bonds is 11. The van der Waals surface area contributed by atoms with Crippen molar-refractivity contribution in [3.63, 3.8) is 0 Å². The van der Waals surface area contributed by atoms with E-state index in [0.717, 1.165) is 12.8 Å². The van der Waals surface area contributed by atoms with Crippen LogP contribution in [0.4, 0.5) is 0 Å². The van der Waals surface area contributed by atoms with Gasteiger partial charge < -0.3 is 4.74 Å². The van der Waals surface area contributed by atoms with Gasteiger partial charge in [-0.15, -0.1) is 0 Å². The highest BCUT2D eigenvalue weighted by atomic mass is 32.2. The van der Waals surface area contributed by atoms with Crippen LogP contribution < -0.4 is 0 Å². The molecule has 0 spiro atoms. The minimum absolute atomic E-state index is 0.103. The molecule has 5 heteroatoms. The number of carbonyl (C=O) groups excluding carboxylic acids is 1. The first-order chi connectivity index (χ1) is 11.0. The third-order valence-electron chi connectivity index (χ3n) is 3.86. The first-order valence-electron chi connectivity index (χ1n) is 8.37. The maximum Gasteiger partial charge on any atom is 0.338 e. The van der Waals surface area contributed by atoms with Crippen LogP contribution in [0.1, 0.15) is 67.8 Å². The van der Waals surface area contributed by atoms with E-state index in [9.17, 15) is 13.2 Å². The van der Waals surface area contributed by atoms with Crippen molar-refractivity contribution in [1.82, 2.24) is 0 Å². The molecule has 0 atom stereocenters. The van der Waals surface area contributed by atoms with Crippen molar-refractivity contribution in [1.29, 1.82) is 0 Å². The van der Waals surface area contributed by atoms with Crippen LogP contribution >= 0.6 is 0 Å². The molecule has 0 aromatic heterocycles. The predicted octanol–water partition coefficient (Wildman–Crippen LogP) is 4.14. The molecule has 1 aromatic carbocycles. The summed E-state index contributed by atoms with van der Waals surface area (Å²) in [6, 6.07) is 6.72. The lowest BCUT2D eigenvalue weighted by Crippen LogP contribution is -2.13. The monoisotopic (exact) mass is 340 g/mol. The highest BCUT2D eigenvalue weighted by molar-refractivity contribution is 7.90. The summed E-state index contributed by atoms with van der Waals surface area (Å²) in [7, 11) is -1.91. The second-order valence-corrected chi connectivity index (χ2v) is 8.05. The van der Waals surface area contributed by atoms with Gasteiger partial charge in [-0.3, -0.25) is 0 Å². The molecule has 0 fully saturated rings. The fraction of sp³-hybridized carbons (Fsp3) is 0.611. The van der Waals surface area contributed by atoms with E-state index < -0.39 is 15.8 Å². The zero-order valence-corrected chi connectivity index (χ0v) is 15.0. The Morgan fingerprint density at radius 2 is 1.61 bits per heavy atom. The van der Waals surface area contributed by atoms with E-state index in [-0.39, 0.29) is 11.5 Å². The van der Waals surface area contributed by atoms with E-state index in [1.54, 1.807) is 24.3 Å². The second kappa shape index (κ2) is 10.4. The molecule has 0 saturated carbocycles. The number of hydrogen-bond acceptors (Lipinski definition) is 4. The summed E-state index contributed by atoms with van der Waals surface area (Å²) in [6.45, 7) is 2.18. The van der Waals surface area contributed by atoms with Crippen LogP contribution in [-0.2, 0) is 20.3 Å². The van der Waals surface area contributed by atoms with Crippen LogP contribution in [0.3, 0.4) is 0 Å². The minimum Gasteiger partial charge on any atom is -0.465 e. The van der Waals surface area contributed by atoms with Crippen molar-refractivity contribution < 1.29 is 17.9 Å². The number of hydrogen-bond donors (Lipinski definition) is 0. The van der Waals surface area contributed by atoms with E-state index in [2.05, 4.69) is 6.92 Å². The van der Waals surface area contributed by atoms with Crippen LogP contribution in [0.25, 0.3) is 0 Å². The molecule has 0 saturated heterocycles. The summed E-state index contributed by atoms with van der Waals surface area (Å²) >= 11 is 0. The lowest BCUT2D eigenvalue weighted by molar-refractivity contribution is 0.0600. The van der Waals surface area contributed by atoms with Crippen molar-refractivity contribution in [2.45, 2.75) is 57.6 Å². The first-order valence-corrected chi connectivity index (χ1v) is 10.2. The van der Waals surface area contributed by atoms with Crippen molar-refractivity contribution >= 4 is 15.8 Å². The van der Waals surface area contributed by atoms with E-state index in [0.29, 0.717) is 17.5 Å². The average Bonchev–Trinajstić information content (AvgIpc) is 2.53. The van der Waals surface area contributed by atoms with E-state index in [1.165, 1.54) is 32.8 Å². The van der Waals surface area contributed by atoms with Crippen LogP contribution in [0.2, 0.25) is 0 Å². The summed E-state index contributed by atoms with van der Waals surface area (Å²) in [5, 5.41) is 0. The standard InChI is InChI=1S/C18H28O4S/c1-3-4-5-6-7-8-11-14-23(20,21)15-16-12-9-10-13-17(16)18(19)22-2/h9-10,12-13H,3-8,11,14-15H2,1-2H3. The predicted molar refractivity (Wildman–Crippen MR) is 93.3 cm³/mol. The number of esters is 1. The molecule has 1 rings (SSSR count). The fourth-order valence-corrected chi connectivity index (χ4v) is 4.06. The van der Waals surface area contributed by atoms with Gasteiger partial charge in [0.05, 0.1) is 24.2 Å². The number of benzene rings is 1. The molecule has 23 heavy (non-hydrogen) atoms. The zero-order chi connectivity index (χ0) is 17.1. The lowest BCUT2D eigenvalue weighted by atomic mass is 10.1. The van der Waals surface area contributed by atoms with Gasteiger partial charge in [-0.1, -0.05) is 63.6 Å². The Kier molecular flexibility index (Phi) is 8.92. The molecule has 0 aliphatic heterocycles. The Hall–Kier alpha value is -1.36. The minimum atomic E-state index is -3.20. The number of unbranched alkanes of at least 4 members (excludes halogenated alkanes) is 6. The van der Waals surface area contributed by atoms with Crippen LogP contribution in [0, 0.1) is 0 Å². The molecule has 4 nitrogen and oxygen atoms in total. The SMILES string of the molecule is CCCCCCCCCS(=O)(=O)Cc1ccccc1C(=O)OC. The van der Waals surface area contributed by atoms with E-state index in [4.69, 9.17) is 4.74 Å². The van der Waals surface area contributed by atoms with Crippen LogP contribution in [0.15, 0.2) is 24.3 Å². The number of ether oxygens (including phenoxy) is 1. The van der Waals surface area contributed by atoms with Gasteiger partial charge in [0, 0.05) is 0 Å². The van der Waals surface area contributed by atoms with Crippen LogP contribution in [0.5, 0.6) is 0 Å². The van der Waals surface area contributed by atoms with Gasteiger partial charge in [0.25, 0.3) is 0 Å². The van der Waals surface area contributed by atoms with Crippen molar-refractivity contribution in [2.24, 2.45) is 0 Å². The maximum atomic E-state index is 12.2. The summed E-state index contributed by atoms with van der Waals surface area (Å²) in [5.41, 5.74) is 0.848. The first kappa shape index (κ1) is 19.7. The smallest absolute Gasteiger partial charge is 0.338 e. The quantitative estimate of drug-likeness (QED) is 0.449. The topological polar surface area (TPSA) is 60.4 Å². The molecule has 0 amide bonds. The summed E-state index contributed by atoms with van der Waals surface area (Å²) in [4.78, 5) is 11.7.